The average molecular weight is 394 g/mol. The van der Waals surface area contributed by atoms with E-state index in [-0.39, 0.29) is 11.3 Å². The zero-order valence-corrected chi connectivity index (χ0v) is 15.7. The van der Waals surface area contributed by atoms with Crippen LogP contribution in [0, 0.1) is 18.3 Å². The lowest BCUT2D eigenvalue weighted by Crippen LogP contribution is -2.46. The predicted molar refractivity (Wildman–Crippen MR) is 99.5 cm³/mol. The largest absolute Gasteiger partial charge is 0.463 e. The van der Waals surface area contributed by atoms with E-state index in [9.17, 15) is 14.9 Å². The Kier molecular flexibility index (Phi) is 4.76. The van der Waals surface area contributed by atoms with Crippen LogP contribution in [0.25, 0.3) is 22.6 Å². The van der Waals surface area contributed by atoms with E-state index in [0.29, 0.717) is 35.4 Å². The molecule has 0 spiro atoms. The van der Waals surface area contributed by atoms with Gasteiger partial charge in [0.05, 0.1) is 29.0 Å². The van der Waals surface area contributed by atoms with Crippen LogP contribution < -0.4 is 5.32 Å². The van der Waals surface area contributed by atoms with Crippen molar-refractivity contribution in [1.82, 2.24) is 15.5 Å². The Hall–Kier alpha value is -3.67. The van der Waals surface area contributed by atoms with E-state index >= 15 is 0 Å². The number of hydrogen-bond donors (Lipinski definition) is 1. The maximum absolute atomic E-state index is 12.7. The molecule has 1 aliphatic rings. The molecule has 1 saturated carbocycles. The molecule has 1 N–H and O–H groups in total. The average Bonchev–Trinajstić information content (AvgIpc) is 3.47. The normalized spacial score (nSPS) is 15.2. The molecule has 9 heteroatoms. The fourth-order valence-corrected chi connectivity index (χ4v) is 3.56. The van der Waals surface area contributed by atoms with Gasteiger partial charge in [-0.25, -0.2) is 9.78 Å². The third-order valence-corrected chi connectivity index (χ3v) is 4.99. The first-order chi connectivity index (χ1) is 14.0. The van der Waals surface area contributed by atoms with E-state index in [1.807, 2.05) is 0 Å². The molecule has 9 nitrogen and oxygen atoms in total. The Bertz CT molecular complexity index is 1100. The molecular weight excluding hydrogens is 376 g/mol. The van der Waals surface area contributed by atoms with Crippen molar-refractivity contribution in [3.63, 3.8) is 0 Å². The molecule has 3 aromatic heterocycles. The summed E-state index contributed by atoms with van der Waals surface area (Å²) in [6.45, 7) is 1.19. The molecule has 0 atom stereocenters. The van der Waals surface area contributed by atoms with Crippen LogP contribution in [0.1, 0.15) is 41.7 Å². The minimum absolute atomic E-state index is 0.169. The van der Waals surface area contributed by atoms with Crippen molar-refractivity contribution in [3.8, 4) is 17.5 Å². The smallest absolute Gasteiger partial charge is 0.339 e. The van der Waals surface area contributed by atoms with Crippen molar-refractivity contribution < 1.29 is 23.3 Å². The van der Waals surface area contributed by atoms with Gasteiger partial charge in [0.25, 0.3) is 11.6 Å². The van der Waals surface area contributed by atoms with E-state index in [1.54, 1.807) is 19.1 Å². The number of carbonyl (C=O) groups is 2. The fourth-order valence-electron chi connectivity index (χ4n) is 3.56. The molecule has 0 aromatic carbocycles. The number of nitrogens with one attached hydrogen (secondary N) is 1. The van der Waals surface area contributed by atoms with E-state index in [2.05, 4.69) is 21.5 Å². The molecule has 3 aromatic rings. The van der Waals surface area contributed by atoms with Gasteiger partial charge < -0.3 is 19.0 Å². The second-order valence-corrected chi connectivity index (χ2v) is 7.01. The highest BCUT2D eigenvalue weighted by Gasteiger charge is 2.35. The number of esters is 1. The molecule has 0 radical (unpaired) electrons. The van der Waals surface area contributed by atoms with Gasteiger partial charge in [-0.05, 0) is 50.8 Å². The van der Waals surface area contributed by atoms with E-state index in [0.717, 1.165) is 12.8 Å². The van der Waals surface area contributed by atoms with Crippen LogP contribution in [0.3, 0.4) is 0 Å². The number of amides is 1. The Morgan fingerprint density at radius 1 is 1.38 bits per heavy atom. The highest BCUT2D eigenvalue weighted by Crippen LogP contribution is 2.29. The number of fused-ring (bicyclic) bond motifs is 1. The predicted octanol–water partition coefficient (Wildman–Crippen LogP) is 2.90. The van der Waals surface area contributed by atoms with Gasteiger partial charge in [-0.3, -0.25) is 4.79 Å². The van der Waals surface area contributed by atoms with E-state index in [1.165, 1.54) is 12.3 Å². The number of carbonyl (C=O) groups excluding carboxylic acids is 2. The van der Waals surface area contributed by atoms with Crippen molar-refractivity contribution in [1.29, 1.82) is 5.26 Å². The molecule has 29 heavy (non-hydrogen) atoms. The Morgan fingerprint density at radius 3 is 2.86 bits per heavy atom. The number of rotatable bonds is 5. The summed E-state index contributed by atoms with van der Waals surface area (Å²) in [6.07, 6.45) is 4.44. The van der Waals surface area contributed by atoms with Crippen LogP contribution >= 0.6 is 0 Å². The van der Waals surface area contributed by atoms with Crippen molar-refractivity contribution in [3.05, 3.63) is 35.7 Å². The monoisotopic (exact) mass is 394 g/mol. The van der Waals surface area contributed by atoms with Gasteiger partial charge in [0.1, 0.15) is 11.2 Å². The molecule has 3 heterocycles. The standard InChI is InChI=1S/C20H18N4O5/c1-12-17-13(9-14(15-5-4-8-27-15)22-18(17)29-24-12)19(26)28-10-16(25)23-20(11-21)6-2-3-7-20/h4-5,8-9H,2-3,6-7,10H2,1H3,(H,23,25). The maximum Gasteiger partial charge on any atom is 0.339 e. The topological polar surface area (TPSA) is 131 Å². The SMILES string of the molecule is Cc1noc2nc(-c3ccco3)cc(C(=O)OCC(=O)NC3(C#N)CCCC3)c12. The number of aromatic nitrogens is 2. The molecule has 1 amide bonds. The number of pyridine rings is 1. The third-order valence-electron chi connectivity index (χ3n) is 4.99. The lowest BCUT2D eigenvalue weighted by atomic mass is 10.00. The number of nitrogens with zero attached hydrogens (tertiary/aromatic N) is 3. The van der Waals surface area contributed by atoms with Crippen LogP contribution in [0.2, 0.25) is 0 Å². The molecule has 0 aliphatic heterocycles. The van der Waals surface area contributed by atoms with Gasteiger partial charge >= 0.3 is 5.97 Å². The maximum atomic E-state index is 12.7. The van der Waals surface area contributed by atoms with Gasteiger partial charge in [-0.1, -0.05) is 5.16 Å². The van der Waals surface area contributed by atoms with Gasteiger partial charge in [0.2, 0.25) is 0 Å². The van der Waals surface area contributed by atoms with Crippen LogP contribution in [-0.4, -0.2) is 34.2 Å². The highest BCUT2D eigenvalue weighted by molar-refractivity contribution is 6.04. The first-order valence-corrected chi connectivity index (χ1v) is 9.22. The summed E-state index contributed by atoms with van der Waals surface area (Å²) in [5, 5.41) is 16.3. The number of furan rings is 1. The second kappa shape index (κ2) is 7.39. The molecule has 0 bridgehead atoms. The summed E-state index contributed by atoms with van der Waals surface area (Å²) in [5.41, 5.74) is 0.324. The third kappa shape index (κ3) is 3.57. The van der Waals surface area contributed by atoms with Gasteiger partial charge in [0, 0.05) is 0 Å². The molecule has 0 unspecified atom stereocenters. The van der Waals surface area contributed by atoms with Crippen molar-refractivity contribution >= 4 is 23.0 Å². The van der Waals surface area contributed by atoms with E-state index in [4.69, 9.17) is 13.7 Å². The zero-order valence-electron chi connectivity index (χ0n) is 15.7. The summed E-state index contributed by atoms with van der Waals surface area (Å²) in [6, 6.07) is 7.08. The number of hydrogen-bond acceptors (Lipinski definition) is 8. The summed E-state index contributed by atoms with van der Waals surface area (Å²) in [4.78, 5) is 29.3. The Balaban J connectivity index is 1.54. The van der Waals surface area contributed by atoms with Crippen LogP contribution in [0.15, 0.2) is 33.4 Å². The minimum atomic E-state index is -0.870. The quantitative estimate of drug-likeness (QED) is 0.654. The molecule has 4 rings (SSSR count). The van der Waals surface area contributed by atoms with Crippen molar-refractivity contribution in [2.24, 2.45) is 0 Å². The second-order valence-electron chi connectivity index (χ2n) is 7.01. The van der Waals surface area contributed by atoms with Gasteiger partial charge in [0.15, 0.2) is 12.4 Å². The van der Waals surface area contributed by atoms with Crippen LogP contribution in [0.4, 0.5) is 0 Å². The first-order valence-electron chi connectivity index (χ1n) is 9.22. The number of aryl methyl sites for hydroxylation is 1. The molecular formula is C20H18N4O5. The fraction of sp³-hybridized carbons (Fsp3) is 0.350. The van der Waals surface area contributed by atoms with Crippen molar-refractivity contribution in [2.45, 2.75) is 38.1 Å². The minimum Gasteiger partial charge on any atom is -0.463 e. The molecule has 148 valence electrons. The highest BCUT2D eigenvalue weighted by atomic mass is 16.5. The lowest BCUT2D eigenvalue weighted by Gasteiger charge is -2.21. The van der Waals surface area contributed by atoms with Gasteiger partial charge in [-0.2, -0.15) is 5.26 Å². The molecule has 1 fully saturated rings. The Morgan fingerprint density at radius 2 is 2.17 bits per heavy atom. The lowest BCUT2D eigenvalue weighted by molar-refractivity contribution is -0.125. The van der Waals surface area contributed by atoms with Crippen LogP contribution in [0.5, 0.6) is 0 Å². The molecule has 0 saturated heterocycles. The summed E-state index contributed by atoms with van der Waals surface area (Å²) >= 11 is 0. The van der Waals surface area contributed by atoms with Crippen LogP contribution in [-0.2, 0) is 9.53 Å². The molecule has 1 aliphatic carbocycles. The number of ether oxygens (including phenoxy) is 1. The zero-order chi connectivity index (χ0) is 20.4. The van der Waals surface area contributed by atoms with Crippen molar-refractivity contribution in [2.75, 3.05) is 6.61 Å². The number of nitriles is 1. The summed E-state index contributed by atoms with van der Waals surface area (Å²) in [5.74, 6) is -0.783. The Labute approximate surface area is 165 Å². The van der Waals surface area contributed by atoms with Gasteiger partial charge in [-0.15, -0.1) is 0 Å². The summed E-state index contributed by atoms with van der Waals surface area (Å²) < 4.78 is 15.7. The first kappa shape index (κ1) is 18.7. The van der Waals surface area contributed by atoms with E-state index < -0.39 is 24.0 Å². The summed E-state index contributed by atoms with van der Waals surface area (Å²) in [7, 11) is 0.